The average Bonchev–Trinajstić information content (AvgIpc) is 1.70. The predicted octanol–water partition coefficient (Wildman–Crippen LogP) is -4.82. The number of carboxylic acid groups (broad SMARTS) is 3. The number of hydrogen-bond donors (Lipinski definition) is 18. The predicted molar refractivity (Wildman–Crippen MR) is 378 cm³/mol. The molecule has 0 aromatic rings. The number of nitrogens with one attached hydrogen (secondary N) is 10. The number of nitrogens with two attached hydrogens (primary N) is 4. The SMILES string of the molecule is CC[C@H](C)[C@H](NC(=O)[C@H](CO)NC(=O)[C@@H](NC(=O)[C@@H]1CCCN1C(=O)[C@@H]1CCCN1C(=O)[C@@H](N)CCCCN)C(C)C)C(=O)N1CCC[C@H]1C(=O)N[C@@H](CCC(=O)O)C(=O)N[C@@H](CC(=O)O)C(=O)N[C@@H](CCCN=C(N)N)C(=O)N[C@@H](CC(C)C)C(=O)N[C@@H](C)C(=O)NCC(=O)N[C@@H](CC(C)C)C(=O)O. The molecule has 13 amide bonds. The summed E-state index contributed by atoms with van der Waals surface area (Å²) in [7, 11) is 0. The van der Waals surface area contributed by atoms with E-state index in [1.807, 2.05) is 0 Å². The Labute approximate surface area is 611 Å². The second-order valence-electron chi connectivity index (χ2n) is 28.2. The lowest BCUT2D eigenvalue weighted by atomic mass is 9.96. The number of hydrogen-bond acceptors (Lipinski definition) is 20. The molecule has 38 nitrogen and oxygen atoms in total. The van der Waals surface area contributed by atoms with Crippen molar-refractivity contribution in [2.75, 3.05) is 45.9 Å². The Kier molecular flexibility index (Phi) is 38.1. The Morgan fingerprint density at radius 3 is 1.55 bits per heavy atom. The molecule has 0 bridgehead atoms. The lowest BCUT2D eigenvalue weighted by Gasteiger charge is -2.33. The lowest BCUT2D eigenvalue weighted by Crippen LogP contribution is -2.62. The largest absolute Gasteiger partial charge is 0.481 e. The molecule has 0 unspecified atom stereocenters. The van der Waals surface area contributed by atoms with Crippen LogP contribution in [0.5, 0.6) is 0 Å². The number of carboxylic acids is 3. The minimum absolute atomic E-state index is 0.0201. The van der Waals surface area contributed by atoms with Crippen molar-refractivity contribution in [2.45, 2.75) is 250 Å². The second-order valence-corrected chi connectivity index (χ2v) is 28.2. The molecular weight excluding hydrogens is 1380 g/mol. The minimum Gasteiger partial charge on any atom is -0.481 e. The highest BCUT2D eigenvalue weighted by Gasteiger charge is 2.46. The van der Waals surface area contributed by atoms with Crippen LogP contribution in [0.25, 0.3) is 0 Å². The summed E-state index contributed by atoms with van der Waals surface area (Å²) in [5, 5.41) is 64.2. The van der Waals surface area contributed by atoms with Gasteiger partial charge in [-0.1, -0.05) is 68.2 Å². The summed E-state index contributed by atoms with van der Waals surface area (Å²) in [5.74, 6) is -17.7. The van der Waals surface area contributed by atoms with E-state index < -0.39 is 212 Å². The van der Waals surface area contributed by atoms with Crippen molar-refractivity contribution in [3.8, 4) is 0 Å². The quantitative estimate of drug-likeness (QED) is 0.0154. The van der Waals surface area contributed by atoms with Crippen LogP contribution in [0.3, 0.4) is 0 Å². The number of amides is 13. The van der Waals surface area contributed by atoms with Crippen molar-refractivity contribution in [1.82, 2.24) is 67.9 Å². The number of aliphatic hydroxyl groups excluding tert-OH is 1. The monoisotopic (exact) mass is 1490 g/mol. The summed E-state index contributed by atoms with van der Waals surface area (Å²) >= 11 is 0. The lowest BCUT2D eigenvalue weighted by molar-refractivity contribution is -0.147. The summed E-state index contributed by atoms with van der Waals surface area (Å²) in [6.45, 7) is 13.9. The Morgan fingerprint density at radius 2 is 1.01 bits per heavy atom. The van der Waals surface area contributed by atoms with Crippen molar-refractivity contribution < 1.29 is 97.1 Å². The molecule has 3 fully saturated rings. The van der Waals surface area contributed by atoms with E-state index in [0.29, 0.717) is 51.6 Å². The zero-order valence-electron chi connectivity index (χ0n) is 61.7. The number of guanidine groups is 1. The van der Waals surface area contributed by atoms with Crippen LogP contribution < -0.4 is 76.1 Å². The van der Waals surface area contributed by atoms with Crippen LogP contribution in [0.2, 0.25) is 0 Å². The van der Waals surface area contributed by atoms with Crippen LogP contribution in [-0.4, -0.2) is 260 Å². The van der Waals surface area contributed by atoms with Crippen LogP contribution in [0.1, 0.15) is 171 Å². The van der Waals surface area contributed by atoms with Crippen molar-refractivity contribution in [3.05, 3.63) is 0 Å². The molecule has 22 N–H and O–H groups in total. The van der Waals surface area contributed by atoms with Gasteiger partial charge in [-0.2, -0.15) is 0 Å². The molecule has 3 rings (SSSR count). The first-order valence-corrected chi connectivity index (χ1v) is 36.1. The van der Waals surface area contributed by atoms with Gasteiger partial charge < -0.3 is 111 Å². The molecule has 0 saturated carbocycles. The number of nitrogens with zero attached hydrogens (tertiary/aromatic N) is 4. The molecule has 3 heterocycles. The highest BCUT2D eigenvalue weighted by Crippen LogP contribution is 2.27. The van der Waals surface area contributed by atoms with E-state index in [4.69, 9.17) is 22.9 Å². The third-order valence-corrected chi connectivity index (χ3v) is 18.3. The maximum Gasteiger partial charge on any atom is 0.326 e. The number of rotatable bonds is 45. The molecular formula is C67H114N18O20. The van der Waals surface area contributed by atoms with E-state index in [1.54, 1.807) is 55.4 Å². The first kappa shape index (κ1) is 89.9. The number of carbonyl (C=O) groups is 16. The van der Waals surface area contributed by atoms with Gasteiger partial charge in [0.25, 0.3) is 0 Å². The van der Waals surface area contributed by atoms with Gasteiger partial charge in [0.2, 0.25) is 76.8 Å². The normalized spacial score (nSPS) is 18.8. The fraction of sp³-hybridized carbons (Fsp3) is 0.746. The maximum atomic E-state index is 14.7. The van der Waals surface area contributed by atoms with Gasteiger partial charge in [-0.15, -0.1) is 0 Å². The zero-order valence-corrected chi connectivity index (χ0v) is 61.7. The molecule has 0 aliphatic carbocycles. The Morgan fingerprint density at radius 1 is 0.505 bits per heavy atom. The van der Waals surface area contributed by atoms with Crippen LogP contribution >= 0.6 is 0 Å². The molecule has 3 aliphatic heterocycles. The standard InChI is InChI=1S/C67H114N18O20/c1-10-37(8)53(82-59(97)45(33-86)80-62(100)52(36(6)7)81-61(99)47-20-14-26-83(47)64(102)48-21-16-28-85(48)63(101)39(69)17-11-12-24-68)65(103)84-27-15-19-46(84)60(98)77-41(22-23-50(88)89)56(94)79-43(31-51(90)91)58(96)76-40(18-13-25-72-67(70)71)55(93)78-42(29-34(2)3)57(95)74-38(9)54(92)73-32-49(87)75-44(66(104)105)30-35(4)5/h34-48,52-53,86H,10-33,68-69H2,1-9H3,(H,73,92)(H,74,95)(H,75,87)(H,76,96)(H,77,98)(H,78,93)(H,79,94)(H,80,100)(H,81,99)(H,82,97)(H,88,89)(H,90,91)(H,104,105)(H4,70,71,72)/t37-,38-,39-,40-,41-,42-,43-,44-,45-,46-,47-,48-,52-,53-/m0/s1. The summed E-state index contributed by atoms with van der Waals surface area (Å²) in [6, 6.07) is -18.0. The topological polar surface area (TPSA) is 600 Å². The molecule has 592 valence electrons. The second kappa shape index (κ2) is 44.5. The minimum atomic E-state index is -2.04. The van der Waals surface area contributed by atoms with Crippen molar-refractivity contribution in [2.24, 2.45) is 51.6 Å². The fourth-order valence-corrected chi connectivity index (χ4v) is 12.4. The zero-order chi connectivity index (χ0) is 79.1. The van der Waals surface area contributed by atoms with E-state index in [0.717, 1.165) is 4.90 Å². The van der Waals surface area contributed by atoms with Gasteiger partial charge in [-0.05, 0) is 121 Å². The molecule has 105 heavy (non-hydrogen) atoms. The van der Waals surface area contributed by atoms with Crippen LogP contribution in [0.4, 0.5) is 0 Å². The maximum absolute atomic E-state index is 14.7. The number of aliphatic carboxylic acids is 3. The average molecular weight is 1490 g/mol. The fourth-order valence-electron chi connectivity index (χ4n) is 12.4. The number of unbranched alkanes of at least 4 members (excludes halogenated alkanes) is 1. The van der Waals surface area contributed by atoms with Gasteiger partial charge in [0.1, 0.15) is 72.5 Å². The van der Waals surface area contributed by atoms with Crippen molar-refractivity contribution in [1.29, 1.82) is 0 Å². The molecule has 3 saturated heterocycles. The van der Waals surface area contributed by atoms with Gasteiger partial charge in [0.15, 0.2) is 5.96 Å². The smallest absolute Gasteiger partial charge is 0.326 e. The van der Waals surface area contributed by atoms with E-state index in [9.17, 15) is 97.1 Å². The van der Waals surface area contributed by atoms with Gasteiger partial charge in [0.05, 0.1) is 25.6 Å². The van der Waals surface area contributed by atoms with Crippen LogP contribution in [0, 0.1) is 23.7 Å². The number of aliphatic hydroxyl groups is 1. The van der Waals surface area contributed by atoms with E-state index in [2.05, 4.69) is 58.2 Å². The van der Waals surface area contributed by atoms with E-state index in [-0.39, 0.29) is 94.7 Å². The number of aliphatic imine (C=N–C) groups is 1. The molecule has 0 aromatic carbocycles. The van der Waals surface area contributed by atoms with Crippen molar-refractivity contribution >= 4 is 101 Å². The van der Waals surface area contributed by atoms with Gasteiger partial charge >= 0.3 is 17.9 Å². The first-order valence-electron chi connectivity index (χ1n) is 36.1. The van der Waals surface area contributed by atoms with Gasteiger partial charge in [-0.3, -0.25) is 76.9 Å². The summed E-state index contributed by atoms with van der Waals surface area (Å²) in [4.78, 5) is 225. The highest BCUT2D eigenvalue weighted by molar-refractivity contribution is 6.01. The number of likely N-dealkylation sites (tertiary alicyclic amines) is 3. The summed E-state index contributed by atoms with van der Waals surface area (Å²) in [5.41, 5.74) is 22.8. The third-order valence-electron chi connectivity index (χ3n) is 18.3. The molecule has 3 aliphatic rings. The Balaban J connectivity index is 1.81. The van der Waals surface area contributed by atoms with Crippen LogP contribution in [0.15, 0.2) is 4.99 Å². The van der Waals surface area contributed by atoms with Crippen LogP contribution in [-0.2, 0) is 76.7 Å². The Hall–Kier alpha value is -9.33. The molecule has 38 heteroatoms. The molecule has 0 radical (unpaired) electrons. The first-order chi connectivity index (χ1) is 49.4. The van der Waals surface area contributed by atoms with Crippen molar-refractivity contribution in [3.63, 3.8) is 0 Å². The third kappa shape index (κ3) is 29.3. The summed E-state index contributed by atoms with van der Waals surface area (Å²) in [6.07, 6.45) is 0.924. The summed E-state index contributed by atoms with van der Waals surface area (Å²) < 4.78 is 0. The van der Waals surface area contributed by atoms with E-state index >= 15 is 0 Å². The van der Waals surface area contributed by atoms with Gasteiger partial charge in [-0.25, -0.2) is 4.79 Å². The van der Waals surface area contributed by atoms with Gasteiger partial charge in [0, 0.05) is 32.6 Å². The Bertz CT molecular complexity index is 3080. The molecule has 14 atom stereocenters. The van der Waals surface area contributed by atoms with E-state index in [1.165, 1.54) is 16.7 Å². The molecule has 0 spiro atoms. The number of carbonyl (C=O) groups excluding carboxylic acids is 13. The molecule has 0 aromatic heterocycles. The highest BCUT2D eigenvalue weighted by atomic mass is 16.4.